The van der Waals surface area contributed by atoms with Crippen molar-refractivity contribution in [3.63, 3.8) is 0 Å². The Balaban J connectivity index is 0.971. The first kappa shape index (κ1) is 38.6. The van der Waals surface area contributed by atoms with Gasteiger partial charge in [-0.15, -0.1) is 22.7 Å². The third-order valence-corrected chi connectivity index (χ3v) is 15.9. The fraction of sp³-hybridized carbons (Fsp3) is 0. The Morgan fingerprint density at radius 1 is 0.288 bits per heavy atom. The fourth-order valence-corrected chi connectivity index (χ4v) is 13.0. The van der Waals surface area contributed by atoms with E-state index in [9.17, 15) is 0 Å². The second kappa shape index (κ2) is 15.4. The van der Waals surface area contributed by atoms with Gasteiger partial charge in [0.25, 0.3) is 0 Å². The van der Waals surface area contributed by atoms with E-state index in [2.05, 4.69) is 218 Å². The largest absolute Gasteiger partial charge is 0.135 e. The fourth-order valence-electron chi connectivity index (χ4n) is 10.7. The standard InChI is InChI=1S/C64H40S2/c1-39(43-21-5-6-22-44(43)40(2)61-48-25-9-13-29-52(48)63(53-30-14-10-26-49(53)61)59-37-41-19-3-17-33-57(41)65-59)45-35-36-56(47-24-8-7-23-46(45)47)62-50-27-11-15-31-54(50)64(55-32-16-12-28-51(55)62)60-38-42-20-4-18-34-58(42)66-60/h3-38H,1-2H2. The molecule has 11 aromatic carbocycles. The van der Waals surface area contributed by atoms with Gasteiger partial charge in [-0.3, -0.25) is 0 Å². The molecule has 0 nitrogen and oxygen atoms in total. The van der Waals surface area contributed by atoms with E-state index in [0.29, 0.717) is 0 Å². The molecular formula is C64H40S2. The van der Waals surface area contributed by atoms with Crippen molar-refractivity contribution in [2.45, 2.75) is 0 Å². The molecule has 0 saturated carbocycles. The van der Waals surface area contributed by atoms with E-state index in [0.717, 1.165) is 33.4 Å². The van der Waals surface area contributed by atoms with Crippen LogP contribution in [-0.4, -0.2) is 0 Å². The van der Waals surface area contributed by atoms with Gasteiger partial charge in [-0.25, -0.2) is 0 Å². The zero-order valence-corrected chi connectivity index (χ0v) is 37.6. The lowest BCUT2D eigenvalue weighted by molar-refractivity contribution is 1.52. The Bertz CT molecular complexity index is 3980. The molecular weight excluding hydrogens is 833 g/mol. The molecule has 0 aliphatic carbocycles. The molecule has 0 saturated heterocycles. The molecule has 0 radical (unpaired) electrons. The average molecular weight is 873 g/mol. The summed E-state index contributed by atoms with van der Waals surface area (Å²) in [6, 6.07) is 80.0. The van der Waals surface area contributed by atoms with Gasteiger partial charge in [-0.05, 0) is 133 Å². The minimum atomic E-state index is 0.972. The second-order valence-corrected chi connectivity index (χ2v) is 19.4. The van der Waals surface area contributed by atoms with Crippen LogP contribution in [-0.2, 0) is 0 Å². The van der Waals surface area contributed by atoms with Gasteiger partial charge in [0.1, 0.15) is 0 Å². The van der Waals surface area contributed by atoms with E-state index >= 15 is 0 Å². The lowest BCUT2D eigenvalue weighted by atomic mass is 9.82. The smallest absolute Gasteiger partial charge is 0.0367 e. The maximum Gasteiger partial charge on any atom is 0.0367 e. The lowest BCUT2D eigenvalue weighted by Gasteiger charge is -2.21. The van der Waals surface area contributed by atoms with Crippen molar-refractivity contribution < 1.29 is 0 Å². The first-order valence-corrected chi connectivity index (χ1v) is 24.1. The lowest BCUT2D eigenvalue weighted by Crippen LogP contribution is -1.99. The molecule has 0 spiro atoms. The molecule has 13 aromatic rings. The number of hydrogen-bond donors (Lipinski definition) is 0. The van der Waals surface area contributed by atoms with Crippen molar-refractivity contribution in [1.29, 1.82) is 0 Å². The van der Waals surface area contributed by atoms with Gasteiger partial charge in [0.15, 0.2) is 0 Å². The summed E-state index contributed by atoms with van der Waals surface area (Å²) in [7, 11) is 0. The van der Waals surface area contributed by atoms with Crippen molar-refractivity contribution in [2.75, 3.05) is 0 Å². The molecule has 0 unspecified atom stereocenters. The first-order chi connectivity index (χ1) is 32.6. The zero-order chi connectivity index (χ0) is 43.9. The normalized spacial score (nSPS) is 11.8. The average Bonchev–Trinajstić information content (AvgIpc) is 4.01. The van der Waals surface area contributed by atoms with E-state index in [4.69, 9.17) is 13.2 Å². The van der Waals surface area contributed by atoms with Crippen molar-refractivity contribution >= 4 is 108 Å². The van der Waals surface area contributed by atoms with Gasteiger partial charge in [0, 0.05) is 30.3 Å². The molecule has 2 heteroatoms. The highest BCUT2D eigenvalue weighted by atomic mass is 32.1. The minimum absolute atomic E-state index is 0.972. The summed E-state index contributed by atoms with van der Waals surface area (Å²) in [6.07, 6.45) is 0. The Kier molecular flexibility index (Phi) is 8.99. The van der Waals surface area contributed by atoms with Crippen LogP contribution >= 0.6 is 22.7 Å². The van der Waals surface area contributed by atoms with Crippen molar-refractivity contribution in [1.82, 2.24) is 0 Å². The zero-order valence-electron chi connectivity index (χ0n) is 36.0. The van der Waals surface area contributed by atoms with Gasteiger partial charge in [-0.2, -0.15) is 0 Å². The summed E-state index contributed by atoms with van der Waals surface area (Å²) in [5.74, 6) is 0. The van der Waals surface area contributed by atoms with Gasteiger partial charge >= 0.3 is 0 Å². The minimum Gasteiger partial charge on any atom is -0.135 e. The predicted molar refractivity (Wildman–Crippen MR) is 290 cm³/mol. The highest BCUT2D eigenvalue weighted by molar-refractivity contribution is 7.22. The van der Waals surface area contributed by atoms with Crippen LogP contribution < -0.4 is 0 Å². The van der Waals surface area contributed by atoms with E-state index in [1.807, 2.05) is 22.7 Å². The maximum absolute atomic E-state index is 4.95. The number of hydrogen-bond acceptors (Lipinski definition) is 2. The molecule has 0 amide bonds. The van der Waals surface area contributed by atoms with Gasteiger partial charge in [0.2, 0.25) is 0 Å². The third kappa shape index (κ3) is 5.96. The van der Waals surface area contributed by atoms with Crippen LogP contribution in [0.2, 0.25) is 0 Å². The van der Waals surface area contributed by atoms with Gasteiger partial charge in [0.05, 0.1) is 0 Å². The number of benzene rings is 11. The van der Waals surface area contributed by atoms with Crippen LogP contribution in [0.4, 0.5) is 0 Å². The van der Waals surface area contributed by atoms with Crippen LogP contribution in [0.3, 0.4) is 0 Å². The Hall–Kier alpha value is -7.88. The highest BCUT2D eigenvalue weighted by Gasteiger charge is 2.23. The SMILES string of the molecule is C=C(c1ccccc1C(=C)c1c2ccccc2c(-c2cc3ccccc3s2)c2ccccc12)c1ccc(-c2c3ccccc3c(-c3cc4ccccc4s3)c3ccccc23)c2ccccc12. The van der Waals surface area contributed by atoms with Gasteiger partial charge in [-0.1, -0.05) is 207 Å². The van der Waals surface area contributed by atoms with E-state index in [1.54, 1.807) is 0 Å². The third-order valence-electron chi connectivity index (χ3n) is 13.6. The summed E-state index contributed by atoms with van der Waals surface area (Å²) in [5, 5.41) is 14.8. The molecule has 0 atom stereocenters. The van der Waals surface area contributed by atoms with Crippen molar-refractivity contribution in [3.05, 3.63) is 254 Å². The van der Waals surface area contributed by atoms with Crippen LogP contribution in [0.1, 0.15) is 22.3 Å². The molecule has 308 valence electrons. The molecule has 0 bridgehead atoms. The molecule has 2 aromatic heterocycles. The van der Waals surface area contributed by atoms with E-state index in [-0.39, 0.29) is 0 Å². The van der Waals surface area contributed by atoms with Crippen LogP contribution in [0.15, 0.2) is 232 Å². The molecule has 0 fully saturated rings. The summed E-state index contributed by atoms with van der Waals surface area (Å²) in [5.41, 5.74) is 11.4. The number of fused-ring (bicyclic) bond motifs is 7. The van der Waals surface area contributed by atoms with Crippen LogP contribution in [0.25, 0.3) is 117 Å². The molecule has 13 rings (SSSR count). The van der Waals surface area contributed by atoms with E-state index in [1.165, 1.54) is 106 Å². The Labute approximate surface area is 391 Å². The predicted octanol–water partition coefficient (Wildman–Crippen LogP) is 19.0. The Morgan fingerprint density at radius 3 is 1.14 bits per heavy atom. The Morgan fingerprint density at radius 2 is 0.652 bits per heavy atom. The summed E-state index contributed by atoms with van der Waals surface area (Å²) in [4.78, 5) is 2.57. The summed E-state index contributed by atoms with van der Waals surface area (Å²) >= 11 is 3.74. The molecule has 0 aliphatic heterocycles. The topological polar surface area (TPSA) is 0 Å². The monoisotopic (exact) mass is 872 g/mol. The van der Waals surface area contributed by atoms with Crippen LogP contribution in [0.5, 0.6) is 0 Å². The molecule has 66 heavy (non-hydrogen) atoms. The molecule has 0 aliphatic rings. The molecule has 2 heterocycles. The van der Waals surface area contributed by atoms with E-state index < -0.39 is 0 Å². The second-order valence-electron chi connectivity index (χ2n) is 17.2. The highest BCUT2D eigenvalue weighted by Crippen LogP contribution is 2.50. The van der Waals surface area contributed by atoms with Gasteiger partial charge < -0.3 is 0 Å². The number of rotatable bonds is 7. The first-order valence-electron chi connectivity index (χ1n) is 22.5. The quantitative estimate of drug-likeness (QED) is 0.140. The van der Waals surface area contributed by atoms with Crippen molar-refractivity contribution in [2.24, 2.45) is 0 Å². The van der Waals surface area contributed by atoms with Crippen LogP contribution in [0, 0.1) is 0 Å². The molecule has 0 N–H and O–H groups in total. The van der Waals surface area contributed by atoms with Crippen molar-refractivity contribution in [3.8, 4) is 32.0 Å². The summed E-state index contributed by atoms with van der Waals surface area (Å²) in [6.45, 7) is 9.85. The summed E-state index contributed by atoms with van der Waals surface area (Å²) < 4.78 is 2.60. The number of thiophene rings is 2. The maximum atomic E-state index is 4.95.